The van der Waals surface area contributed by atoms with Gasteiger partial charge < -0.3 is 4.74 Å². The molecule has 1 nitrogen and oxygen atoms in total. The van der Waals surface area contributed by atoms with E-state index in [9.17, 15) is 0 Å². The first-order valence-corrected chi connectivity index (χ1v) is 8.93. The van der Waals surface area contributed by atoms with Gasteiger partial charge in [0, 0.05) is 0 Å². The molecule has 0 amide bonds. The highest BCUT2D eigenvalue weighted by Gasteiger charge is 1.98. The van der Waals surface area contributed by atoms with E-state index in [4.69, 9.17) is 4.74 Å². The van der Waals surface area contributed by atoms with Gasteiger partial charge in [0.2, 0.25) is 0 Å². The van der Waals surface area contributed by atoms with Gasteiger partial charge in [-0.15, -0.1) is 0 Å². The Hall–Kier alpha value is -1.02. The summed E-state index contributed by atoms with van der Waals surface area (Å²) in [6, 6.07) is 8.36. The Morgan fingerprint density at radius 2 is 1.88 bits per heavy atom. The van der Waals surface area contributed by atoms with Crippen LogP contribution in [0.1, 0.15) is 25.8 Å². The molecule has 88 valence electrons. The fraction of sp³-hybridized carbons (Fsp3) is 0.429. The lowest BCUT2D eigenvalue weighted by Crippen LogP contribution is -2.01. The molecule has 2 heteroatoms. The van der Waals surface area contributed by atoms with Crippen molar-refractivity contribution in [1.82, 2.24) is 0 Å². The molecule has 0 aliphatic carbocycles. The van der Waals surface area contributed by atoms with Gasteiger partial charge in [-0.2, -0.15) is 0 Å². The molecular weight excluding hydrogens is 212 g/mol. The summed E-state index contributed by atoms with van der Waals surface area (Å²) in [5.41, 5.74) is 1.28. The maximum absolute atomic E-state index is 5.55. The van der Waals surface area contributed by atoms with Crippen molar-refractivity contribution in [2.75, 3.05) is 6.61 Å². The molecule has 0 N–H and O–H groups in total. The molecule has 0 heterocycles. The summed E-state index contributed by atoms with van der Waals surface area (Å²) < 4.78 is 5.55. The number of ether oxygens (including phenoxy) is 1. The van der Waals surface area contributed by atoms with Crippen molar-refractivity contribution in [3.05, 3.63) is 35.0 Å². The second-order valence-corrected chi connectivity index (χ2v) is 7.68. The minimum absolute atomic E-state index is 0.635. The zero-order valence-corrected chi connectivity index (χ0v) is 11.9. The van der Waals surface area contributed by atoms with Crippen LogP contribution in [0, 0.1) is 0 Å². The van der Waals surface area contributed by atoms with E-state index in [0.717, 1.165) is 18.8 Å². The van der Waals surface area contributed by atoms with Gasteiger partial charge >= 0.3 is 0 Å². The van der Waals surface area contributed by atoms with Crippen molar-refractivity contribution in [1.29, 1.82) is 0 Å². The summed E-state index contributed by atoms with van der Waals surface area (Å²) in [7, 11) is -0.635. The van der Waals surface area contributed by atoms with Crippen molar-refractivity contribution in [2.24, 2.45) is 0 Å². The predicted octanol–water partition coefficient (Wildman–Crippen LogP) is 3.90. The minimum Gasteiger partial charge on any atom is -0.494 e. The number of benzene rings is 1. The van der Waals surface area contributed by atoms with Gasteiger partial charge in [-0.3, -0.25) is 0 Å². The molecule has 0 atom stereocenters. The number of allylic oxidation sites excluding steroid dienone is 1. The van der Waals surface area contributed by atoms with E-state index >= 15 is 0 Å². The molecule has 1 aromatic carbocycles. The van der Waals surface area contributed by atoms with E-state index in [1.165, 1.54) is 5.56 Å². The molecule has 0 radical (unpaired) electrons. The molecule has 0 saturated heterocycles. The average Bonchev–Trinajstić information content (AvgIpc) is 2.28. The standard InChI is InChI=1S/C14H22OSi/c1-5-10-15-14-8-6-13(7-9-14)11-12(2)16(3)4/h6-9,11,16H,5,10H2,1-4H3. The van der Waals surface area contributed by atoms with Gasteiger partial charge in [-0.1, -0.05) is 43.4 Å². The van der Waals surface area contributed by atoms with Crippen LogP contribution in [0.25, 0.3) is 6.08 Å². The van der Waals surface area contributed by atoms with Gasteiger partial charge in [0.1, 0.15) is 5.75 Å². The predicted molar refractivity (Wildman–Crippen MR) is 74.8 cm³/mol. The highest BCUT2D eigenvalue weighted by atomic mass is 28.3. The fourth-order valence-corrected chi connectivity index (χ4v) is 1.84. The van der Waals surface area contributed by atoms with Crippen LogP contribution >= 0.6 is 0 Å². The Morgan fingerprint density at radius 1 is 1.25 bits per heavy atom. The molecule has 0 spiro atoms. The molecule has 0 saturated carbocycles. The van der Waals surface area contributed by atoms with Crippen LogP contribution in [0.4, 0.5) is 0 Å². The third kappa shape index (κ3) is 4.23. The molecule has 1 rings (SSSR count). The minimum atomic E-state index is -0.635. The third-order valence-corrected chi connectivity index (χ3v) is 4.65. The zero-order chi connectivity index (χ0) is 12.0. The van der Waals surface area contributed by atoms with Gasteiger partial charge in [0.15, 0.2) is 0 Å². The summed E-state index contributed by atoms with van der Waals surface area (Å²) in [5.74, 6) is 0.971. The summed E-state index contributed by atoms with van der Waals surface area (Å²) in [4.78, 5) is 0. The highest BCUT2D eigenvalue weighted by molar-refractivity contribution is 6.64. The van der Waals surface area contributed by atoms with Crippen LogP contribution in [0.15, 0.2) is 29.5 Å². The lowest BCUT2D eigenvalue weighted by Gasteiger charge is -2.06. The van der Waals surface area contributed by atoms with E-state index in [0.29, 0.717) is 0 Å². The summed E-state index contributed by atoms with van der Waals surface area (Å²) in [6.45, 7) is 9.86. The molecule has 0 aliphatic rings. The second kappa shape index (κ2) is 6.54. The normalized spacial score (nSPS) is 11.9. The zero-order valence-electron chi connectivity index (χ0n) is 10.8. The first-order chi connectivity index (χ1) is 7.63. The SMILES string of the molecule is CCCOc1ccc(C=C(C)[SiH](C)C)cc1. The van der Waals surface area contributed by atoms with Crippen molar-refractivity contribution in [3.8, 4) is 5.75 Å². The Balaban J connectivity index is 2.68. The molecule has 0 fully saturated rings. The molecule has 0 aromatic heterocycles. The lowest BCUT2D eigenvalue weighted by atomic mass is 10.2. The highest BCUT2D eigenvalue weighted by Crippen LogP contribution is 2.15. The van der Waals surface area contributed by atoms with Gasteiger partial charge in [-0.25, -0.2) is 0 Å². The average molecular weight is 234 g/mol. The molecule has 16 heavy (non-hydrogen) atoms. The van der Waals surface area contributed by atoms with Crippen molar-refractivity contribution in [3.63, 3.8) is 0 Å². The van der Waals surface area contributed by atoms with Crippen LogP contribution in [0.2, 0.25) is 13.1 Å². The summed E-state index contributed by atoms with van der Waals surface area (Å²) >= 11 is 0. The van der Waals surface area contributed by atoms with E-state index in [2.05, 4.69) is 57.3 Å². The first kappa shape index (κ1) is 13.0. The topological polar surface area (TPSA) is 9.23 Å². The second-order valence-electron chi connectivity index (χ2n) is 4.46. The lowest BCUT2D eigenvalue weighted by molar-refractivity contribution is 0.317. The van der Waals surface area contributed by atoms with Crippen molar-refractivity contribution < 1.29 is 4.74 Å². The fourth-order valence-electron chi connectivity index (χ4n) is 1.31. The van der Waals surface area contributed by atoms with E-state index in [-0.39, 0.29) is 0 Å². The maximum atomic E-state index is 5.55. The van der Waals surface area contributed by atoms with Crippen LogP contribution in [-0.4, -0.2) is 15.4 Å². The quantitative estimate of drug-likeness (QED) is 0.702. The largest absolute Gasteiger partial charge is 0.494 e. The monoisotopic (exact) mass is 234 g/mol. The Morgan fingerprint density at radius 3 is 2.38 bits per heavy atom. The molecule has 1 aromatic rings. The molecule has 0 aliphatic heterocycles. The van der Waals surface area contributed by atoms with Crippen LogP contribution in [-0.2, 0) is 0 Å². The number of hydrogen-bond acceptors (Lipinski definition) is 1. The van der Waals surface area contributed by atoms with Gasteiger partial charge in [0.25, 0.3) is 0 Å². The van der Waals surface area contributed by atoms with E-state index in [1.54, 1.807) is 5.20 Å². The molecular formula is C14H22OSi. The summed E-state index contributed by atoms with van der Waals surface area (Å²) in [6.07, 6.45) is 3.35. The first-order valence-electron chi connectivity index (χ1n) is 6.04. The van der Waals surface area contributed by atoms with Gasteiger partial charge in [-0.05, 0) is 31.0 Å². The van der Waals surface area contributed by atoms with Crippen LogP contribution in [0.3, 0.4) is 0 Å². The van der Waals surface area contributed by atoms with Crippen LogP contribution < -0.4 is 4.74 Å². The van der Waals surface area contributed by atoms with Crippen molar-refractivity contribution >= 4 is 14.9 Å². The number of rotatable bonds is 5. The summed E-state index contributed by atoms with van der Waals surface area (Å²) in [5, 5.41) is 1.54. The Kier molecular flexibility index (Phi) is 5.33. The van der Waals surface area contributed by atoms with Crippen molar-refractivity contribution in [2.45, 2.75) is 33.4 Å². The van der Waals surface area contributed by atoms with E-state index in [1.807, 2.05) is 0 Å². The van der Waals surface area contributed by atoms with E-state index < -0.39 is 8.80 Å². The van der Waals surface area contributed by atoms with Crippen LogP contribution in [0.5, 0.6) is 5.75 Å². The Bertz CT molecular complexity index is 338. The number of hydrogen-bond donors (Lipinski definition) is 0. The maximum Gasteiger partial charge on any atom is 0.119 e. The Labute approximate surface area is 101 Å². The van der Waals surface area contributed by atoms with Gasteiger partial charge in [0.05, 0.1) is 15.4 Å². The molecule has 0 bridgehead atoms. The molecule has 0 unspecified atom stereocenters. The third-order valence-electron chi connectivity index (χ3n) is 2.66. The smallest absolute Gasteiger partial charge is 0.119 e.